The Kier molecular flexibility index (Phi) is 4.47. The molecule has 1 fully saturated rings. The topological polar surface area (TPSA) is 38.8 Å². The lowest BCUT2D eigenvalue weighted by atomic mass is 9.97. The molecule has 1 aliphatic heterocycles. The molecule has 4 heteroatoms. The fraction of sp³-hybridized carbons (Fsp3) is 0.350. The highest BCUT2D eigenvalue weighted by molar-refractivity contribution is 5.73. The summed E-state index contributed by atoms with van der Waals surface area (Å²) in [7, 11) is 1.77. The molecule has 4 nitrogen and oxygen atoms in total. The highest BCUT2D eigenvalue weighted by Crippen LogP contribution is 2.38. The van der Waals surface area contributed by atoms with E-state index in [4.69, 9.17) is 9.47 Å². The van der Waals surface area contributed by atoms with E-state index in [1.165, 1.54) is 0 Å². The van der Waals surface area contributed by atoms with Crippen molar-refractivity contribution in [1.29, 1.82) is 0 Å². The molecule has 2 aromatic rings. The van der Waals surface area contributed by atoms with E-state index in [2.05, 4.69) is 24.3 Å². The van der Waals surface area contributed by atoms with Gasteiger partial charge in [-0.3, -0.25) is 0 Å². The highest BCUT2D eigenvalue weighted by atomic mass is 16.6. The monoisotopic (exact) mass is 325 g/mol. The molecular weight excluding hydrogens is 302 g/mol. The minimum atomic E-state index is -0.286. The Morgan fingerprint density at radius 2 is 1.83 bits per heavy atom. The van der Waals surface area contributed by atoms with Gasteiger partial charge in [-0.15, -0.1) is 0 Å². The Labute approximate surface area is 143 Å². The maximum Gasteiger partial charge on any atom is 0.410 e. The molecule has 2 unspecified atom stereocenters. The van der Waals surface area contributed by atoms with Gasteiger partial charge in [0.2, 0.25) is 0 Å². The van der Waals surface area contributed by atoms with Crippen LogP contribution in [0.2, 0.25) is 0 Å². The number of likely N-dealkylation sites (N-methyl/N-ethyl adjacent to an activating group) is 1. The van der Waals surface area contributed by atoms with Gasteiger partial charge in [-0.05, 0) is 38.0 Å². The van der Waals surface area contributed by atoms with Crippen molar-refractivity contribution in [2.24, 2.45) is 0 Å². The van der Waals surface area contributed by atoms with Gasteiger partial charge in [-0.1, -0.05) is 42.5 Å². The molecule has 0 aliphatic carbocycles. The molecule has 126 valence electrons. The minimum Gasteiger partial charge on any atom is -0.490 e. The Balaban J connectivity index is 2.03. The lowest BCUT2D eigenvalue weighted by Gasteiger charge is -2.22. The summed E-state index contributed by atoms with van der Waals surface area (Å²) in [4.78, 5) is 13.4. The molecule has 1 heterocycles. The molecule has 2 aromatic carbocycles. The van der Waals surface area contributed by atoms with Gasteiger partial charge >= 0.3 is 6.09 Å². The van der Waals surface area contributed by atoms with Crippen LogP contribution in [-0.4, -0.2) is 30.2 Å². The fourth-order valence-electron chi connectivity index (χ4n) is 3.16. The van der Waals surface area contributed by atoms with Gasteiger partial charge in [-0.2, -0.15) is 0 Å². The minimum absolute atomic E-state index is 0.0688. The molecule has 0 spiro atoms. The third-order valence-electron chi connectivity index (χ3n) is 4.23. The van der Waals surface area contributed by atoms with Gasteiger partial charge in [0.15, 0.2) is 0 Å². The third-order valence-corrected chi connectivity index (χ3v) is 4.23. The average Bonchev–Trinajstić information content (AvgIpc) is 2.80. The molecule has 0 bridgehead atoms. The molecule has 1 saturated heterocycles. The van der Waals surface area contributed by atoms with Gasteiger partial charge in [-0.25, -0.2) is 4.79 Å². The maximum absolute atomic E-state index is 11.8. The fourth-order valence-corrected chi connectivity index (χ4v) is 3.16. The molecule has 0 aromatic heterocycles. The van der Waals surface area contributed by atoms with Crippen LogP contribution in [0.15, 0.2) is 48.5 Å². The summed E-state index contributed by atoms with van der Waals surface area (Å²) in [5.41, 5.74) is 3.18. The molecule has 24 heavy (non-hydrogen) atoms. The zero-order valence-electron chi connectivity index (χ0n) is 14.5. The molecule has 1 aliphatic rings. The van der Waals surface area contributed by atoms with E-state index in [-0.39, 0.29) is 24.3 Å². The third kappa shape index (κ3) is 3.09. The molecule has 3 rings (SSSR count). The number of carbonyl (C=O) groups excluding carboxylic acids is 1. The molecule has 0 saturated carbocycles. The van der Waals surface area contributed by atoms with E-state index < -0.39 is 0 Å². The molecule has 0 N–H and O–H groups in total. The number of cyclic esters (lactones) is 1. The van der Waals surface area contributed by atoms with Gasteiger partial charge < -0.3 is 14.4 Å². The Bertz CT molecular complexity index is 727. The number of amides is 1. The number of benzene rings is 2. The second-order valence-electron chi connectivity index (χ2n) is 6.43. The van der Waals surface area contributed by atoms with Crippen LogP contribution in [0.4, 0.5) is 4.79 Å². The normalized spacial score (nSPS) is 20.4. The van der Waals surface area contributed by atoms with Crippen LogP contribution in [0.1, 0.15) is 32.4 Å². The van der Waals surface area contributed by atoms with Crippen LogP contribution in [0, 0.1) is 0 Å². The van der Waals surface area contributed by atoms with Gasteiger partial charge in [0.05, 0.1) is 12.1 Å². The first-order valence-corrected chi connectivity index (χ1v) is 8.27. The average molecular weight is 325 g/mol. The summed E-state index contributed by atoms with van der Waals surface area (Å²) in [6.07, 6.45) is -0.401. The number of carbonyl (C=O) groups is 1. The molecule has 0 radical (unpaired) electrons. The molecular formula is C20H23NO3. The van der Waals surface area contributed by atoms with Gasteiger partial charge in [0.1, 0.15) is 11.9 Å². The lowest BCUT2D eigenvalue weighted by molar-refractivity contribution is 0.138. The van der Waals surface area contributed by atoms with E-state index in [0.29, 0.717) is 0 Å². The van der Waals surface area contributed by atoms with Crippen LogP contribution >= 0.6 is 0 Å². The summed E-state index contributed by atoms with van der Waals surface area (Å²) in [6, 6.07) is 16.2. The van der Waals surface area contributed by atoms with Gasteiger partial charge in [0.25, 0.3) is 0 Å². The van der Waals surface area contributed by atoms with Crippen molar-refractivity contribution in [2.45, 2.75) is 39.0 Å². The summed E-state index contributed by atoms with van der Waals surface area (Å²) in [6.45, 7) is 5.94. The van der Waals surface area contributed by atoms with E-state index >= 15 is 0 Å². The Hall–Kier alpha value is -2.49. The number of rotatable bonds is 4. The quantitative estimate of drug-likeness (QED) is 0.821. The van der Waals surface area contributed by atoms with Crippen LogP contribution in [0.5, 0.6) is 5.75 Å². The predicted octanol–water partition coefficient (Wildman–Crippen LogP) is 4.65. The van der Waals surface area contributed by atoms with Crippen LogP contribution in [-0.2, 0) is 4.74 Å². The zero-order valence-corrected chi connectivity index (χ0v) is 14.5. The van der Waals surface area contributed by atoms with Crippen LogP contribution in [0.25, 0.3) is 11.1 Å². The van der Waals surface area contributed by atoms with Crippen molar-refractivity contribution in [1.82, 2.24) is 4.90 Å². The van der Waals surface area contributed by atoms with Crippen molar-refractivity contribution < 1.29 is 14.3 Å². The first-order valence-electron chi connectivity index (χ1n) is 8.27. The number of ether oxygens (including phenoxy) is 2. The maximum atomic E-state index is 11.8. The molecule has 2 atom stereocenters. The SMILES string of the molecule is CC(C)Oc1cc(C2C(C)OC(=O)N2C)ccc1-c1ccccc1. The lowest BCUT2D eigenvalue weighted by Crippen LogP contribution is -2.24. The van der Waals surface area contributed by atoms with Crippen molar-refractivity contribution in [2.75, 3.05) is 7.05 Å². The largest absolute Gasteiger partial charge is 0.490 e. The number of hydrogen-bond acceptors (Lipinski definition) is 3. The zero-order chi connectivity index (χ0) is 17.3. The number of hydrogen-bond donors (Lipinski definition) is 0. The standard InChI is InChI=1S/C20H23NO3/c1-13(2)23-18-12-16(19-14(3)24-20(22)21(19)4)10-11-17(18)15-8-6-5-7-9-15/h5-14,19H,1-4H3. The van der Waals surface area contributed by atoms with E-state index in [0.717, 1.165) is 22.4 Å². The summed E-state index contributed by atoms with van der Waals surface area (Å²) >= 11 is 0. The Morgan fingerprint density at radius 3 is 2.42 bits per heavy atom. The second kappa shape index (κ2) is 6.56. The van der Waals surface area contributed by atoms with Crippen LogP contribution in [0.3, 0.4) is 0 Å². The van der Waals surface area contributed by atoms with Gasteiger partial charge in [0, 0.05) is 12.6 Å². The van der Waals surface area contributed by atoms with Crippen molar-refractivity contribution >= 4 is 6.09 Å². The van der Waals surface area contributed by atoms with E-state index in [9.17, 15) is 4.79 Å². The van der Waals surface area contributed by atoms with Crippen molar-refractivity contribution in [3.8, 4) is 16.9 Å². The summed E-state index contributed by atoms with van der Waals surface area (Å²) in [5, 5.41) is 0. The smallest absolute Gasteiger partial charge is 0.410 e. The van der Waals surface area contributed by atoms with Crippen LogP contribution < -0.4 is 4.74 Å². The van der Waals surface area contributed by atoms with Crippen molar-refractivity contribution in [3.05, 3.63) is 54.1 Å². The second-order valence-corrected chi connectivity index (χ2v) is 6.43. The molecule has 1 amide bonds. The van der Waals surface area contributed by atoms with E-state index in [1.807, 2.05) is 45.0 Å². The first-order chi connectivity index (χ1) is 11.5. The van der Waals surface area contributed by atoms with E-state index in [1.54, 1.807) is 11.9 Å². The van der Waals surface area contributed by atoms with Crippen molar-refractivity contribution in [3.63, 3.8) is 0 Å². The highest BCUT2D eigenvalue weighted by Gasteiger charge is 2.37. The summed E-state index contributed by atoms with van der Waals surface area (Å²) < 4.78 is 11.4. The Morgan fingerprint density at radius 1 is 1.12 bits per heavy atom. The first kappa shape index (κ1) is 16.4. The predicted molar refractivity (Wildman–Crippen MR) is 94.1 cm³/mol. The number of nitrogens with zero attached hydrogens (tertiary/aromatic N) is 1. The summed E-state index contributed by atoms with van der Waals surface area (Å²) in [5.74, 6) is 0.827.